The second-order valence-corrected chi connectivity index (χ2v) is 7.47. The van der Waals surface area contributed by atoms with E-state index in [4.69, 9.17) is 9.26 Å². The van der Waals surface area contributed by atoms with Crippen molar-refractivity contribution in [3.8, 4) is 17.2 Å². The number of carbonyl (C=O) groups excluding carboxylic acids is 1. The van der Waals surface area contributed by atoms with Gasteiger partial charge in [0.25, 0.3) is 11.8 Å². The number of nitrogens with zero attached hydrogens (tertiary/aromatic N) is 3. The Morgan fingerprint density at radius 2 is 1.83 bits per heavy atom. The van der Waals surface area contributed by atoms with Gasteiger partial charge < -0.3 is 14.6 Å². The lowest BCUT2D eigenvalue weighted by Gasteiger charge is -2.28. The Bertz CT molecular complexity index is 976. The molecule has 0 radical (unpaired) electrons. The molecule has 3 aromatic rings. The van der Waals surface area contributed by atoms with Crippen molar-refractivity contribution in [2.75, 3.05) is 26.7 Å². The largest absolute Gasteiger partial charge is 0.497 e. The van der Waals surface area contributed by atoms with E-state index in [0.717, 1.165) is 24.4 Å². The highest BCUT2D eigenvalue weighted by atomic mass is 16.5. The van der Waals surface area contributed by atoms with Gasteiger partial charge in [0, 0.05) is 17.7 Å². The minimum absolute atomic E-state index is 0.0963. The highest BCUT2D eigenvalue weighted by Crippen LogP contribution is 2.26. The topological polar surface area (TPSA) is 80.5 Å². The monoisotopic (exact) mass is 406 g/mol. The van der Waals surface area contributed by atoms with Crippen molar-refractivity contribution in [2.24, 2.45) is 0 Å². The van der Waals surface area contributed by atoms with E-state index >= 15 is 0 Å². The van der Waals surface area contributed by atoms with E-state index in [1.165, 1.54) is 18.4 Å². The molecule has 156 valence electrons. The molecule has 30 heavy (non-hydrogen) atoms. The summed E-state index contributed by atoms with van der Waals surface area (Å²) in [6, 6.07) is 15.4. The molecular weight excluding hydrogens is 380 g/mol. The quantitative estimate of drug-likeness (QED) is 0.646. The Hall–Kier alpha value is -3.19. The number of carbonyl (C=O) groups is 1. The molecule has 2 aromatic carbocycles. The van der Waals surface area contributed by atoms with Gasteiger partial charge in [-0.3, -0.25) is 9.69 Å². The minimum Gasteiger partial charge on any atom is -0.497 e. The van der Waals surface area contributed by atoms with Crippen LogP contribution in [0, 0.1) is 6.92 Å². The zero-order valence-electron chi connectivity index (χ0n) is 17.3. The van der Waals surface area contributed by atoms with Gasteiger partial charge in [0.05, 0.1) is 13.2 Å². The van der Waals surface area contributed by atoms with Gasteiger partial charge >= 0.3 is 0 Å². The fourth-order valence-corrected chi connectivity index (χ4v) is 3.81. The maximum atomic E-state index is 12.7. The van der Waals surface area contributed by atoms with Crippen LogP contribution in [-0.4, -0.2) is 47.7 Å². The normalized spacial score (nSPS) is 15.1. The fourth-order valence-electron chi connectivity index (χ4n) is 3.81. The molecule has 1 amide bonds. The van der Waals surface area contributed by atoms with Crippen molar-refractivity contribution in [1.82, 2.24) is 20.4 Å². The molecule has 1 fully saturated rings. The first-order chi connectivity index (χ1) is 14.6. The maximum absolute atomic E-state index is 12.7. The van der Waals surface area contributed by atoms with E-state index in [1.807, 2.05) is 24.3 Å². The van der Waals surface area contributed by atoms with Crippen molar-refractivity contribution in [2.45, 2.75) is 25.8 Å². The summed E-state index contributed by atoms with van der Waals surface area (Å²) in [5.74, 6) is 1.77. The van der Waals surface area contributed by atoms with Gasteiger partial charge in [0.15, 0.2) is 5.82 Å². The molecule has 0 spiro atoms. The average molecular weight is 406 g/mol. The van der Waals surface area contributed by atoms with Crippen molar-refractivity contribution in [3.63, 3.8) is 0 Å². The number of benzene rings is 2. The summed E-state index contributed by atoms with van der Waals surface area (Å²) in [7, 11) is 1.66. The number of aromatic nitrogens is 2. The van der Waals surface area contributed by atoms with Crippen LogP contribution in [0.3, 0.4) is 0 Å². The van der Waals surface area contributed by atoms with Crippen LogP contribution in [0.15, 0.2) is 53.1 Å². The number of methoxy groups -OCH3 is 1. The molecule has 1 aliphatic heterocycles. The van der Waals surface area contributed by atoms with Crippen molar-refractivity contribution < 1.29 is 14.1 Å². The number of amides is 1. The average Bonchev–Trinajstić information content (AvgIpc) is 3.46. The van der Waals surface area contributed by atoms with Crippen molar-refractivity contribution >= 4 is 5.91 Å². The second-order valence-electron chi connectivity index (χ2n) is 7.47. The second kappa shape index (κ2) is 9.09. The molecule has 1 atom stereocenters. The highest BCUT2D eigenvalue weighted by Gasteiger charge is 2.24. The third-order valence-corrected chi connectivity index (χ3v) is 5.46. The maximum Gasteiger partial charge on any atom is 0.257 e. The molecule has 7 nitrogen and oxygen atoms in total. The van der Waals surface area contributed by atoms with E-state index in [1.54, 1.807) is 26.2 Å². The first-order valence-electron chi connectivity index (χ1n) is 10.2. The molecule has 4 rings (SSSR count). The van der Waals surface area contributed by atoms with Crippen LogP contribution in [0.4, 0.5) is 0 Å². The zero-order valence-corrected chi connectivity index (χ0v) is 17.3. The van der Waals surface area contributed by atoms with Gasteiger partial charge in [0.1, 0.15) is 5.75 Å². The Morgan fingerprint density at radius 1 is 1.13 bits per heavy atom. The molecule has 0 bridgehead atoms. The van der Waals surface area contributed by atoms with Gasteiger partial charge in [-0.1, -0.05) is 17.3 Å². The van der Waals surface area contributed by atoms with Gasteiger partial charge in [-0.25, -0.2) is 0 Å². The minimum atomic E-state index is -0.0963. The standard InChI is InChI=1S/C23H26N4O3/c1-16-25-23(30-26-16)19-7-5-18(6-8-19)22(28)24-15-21(27-13-3-4-14-27)17-9-11-20(29-2)12-10-17/h5-12,21H,3-4,13-15H2,1-2H3,(H,24,28). The van der Waals surface area contributed by atoms with Gasteiger partial charge in [-0.05, 0) is 74.8 Å². The molecule has 0 saturated carbocycles. The zero-order chi connectivity index (χ0) is 20.9. The summed E-state index contributed by atoms with van der Waals surface area (Å²) in [6.07, 6.45) is 2.38. The molecule has 2 heterocycles. The van der Waals surface area contributed by atoms with Crippen LogP contribution in [0.25, 0.3) is 11.5 Å². The molecular formula is C23H26N4O3. The summed E-state index contributed by atoms with van der Waals surface area (Å²) in [6.45, 7) is 4.42. The van der Waals surface area contributed by atoms with Crippen LogP contribution >= 0.6 is 0 Å². The molecule has 7 heteroatoms. The number of ether oxygens (including phenoxy) is 1. The number of nitrogens with one attached hydrogen (secondary N) is 1. The van der Waals surface area contributed by atoms with E-state index in [-0.39, 0.29) is 11.9 Å². The lowest BCUT2D eigenvalue weighted by atomic mass is 10.0. The molecule has 1 aliphatic rings. The van der Waals surface area contributed by atoms with E-state index in [2.05, 4.69) is 32.5 Å². The SMILES string of the molecule is COc1ccc(C(CNC(=O)c2ccc(-c3nc(C)no3)cc2)N2CCCC2)cc1. The van der Waals surface area contributed by atoms with Crippen molar-refractivity contribution in [3.05, 3.63) is 65.5 Å². The predicted octanol–water partition coefficient (Wildman–Crippen LogP) is 3.62. The number of likely N-dealkylation sites (tertiary alicyclic amines) is 1. The number of rotatable bonds is 7. The molecule has 1 saturated heterocycles. The number of aryl methyl sites for hydroxylation is 1. The lowest BCUT2D eigenvalue weighted by molar-refractivity contribution is 0.0938. The first kappa shape index (κ1) is 20.1. The number of hydrogen-bond acceptors (Lipinski definition) is 6. The van der Waals surface area contributed by atoms with Gasteiger partial charge in [0.2, 0.25) is 0 Å². The Balaban J connectivity index is 1.44. The van der Waals surface area contributed by atoms with Crippen molar-refractivity contribution in [1.29, 1.82) is 0 Å². The van der Waals surface area contributed by atoms with Crippen LogP contribution in [0.2, 0.25) is 0 Å². The fraction of sp³-hybridized carbons (Fsp3) is 0.348. The predicted molar refractivity (Wildman–Crippen MR) is 113 cm³/mol. The molecule has 1 aromatic heterocycles. The third-order valence-electron chi connectivity index (χ3n) is 5.46. The Kier molecular flexibility index (Phi) is 6.09. The van der Waals surface area contributed by atoms with Crippen LogP contribution in [-0.2, 0) is 0 Å². The van der Waals surface area contributed by atoms with E-state index in [9.17, 15) is 4.79 Å². The third kappa shape index (κ3) is 4.52. The molecule has 1 N–H and O–H groups in total. The summed E-state index contributed by atoms with van der Waals surface area (Å²) < 4.78 is 10.5. The van der Waals surface area contributed by atoms with Crippen LogP contribution in [0.5, 0.6) is 5.75 Å². The van der Waals surface area contributed by atoms with Gasteiger partial charge in [-0.2, -0.15) is 4.98 Å². The van der Waals surface area contributed by atoms with E-state index < -0.39 is 0 Å². The Morgan fingerprint density at radius 3 is 2.43 bits per heavy atom. The summed E-state index contributed by atoms with van der Waals surface area (Å²) in [4.78, 5) is 19.4. The molecule has 1 unspecified atom stereocenters. The highest BCUT2D eigenvalue weighted by molar-refractivity contribution is 5.94. The molecule has 0 aliphatic carbocycles. The Labute approximate surface area is 176 Å². The van der Waals surface area contributed by atoms with Gasteiger partial charge in [-0.15, -0.1) is 0 Å². The lowest BCUT2D eigenvalue weighted by Crippen LogP contribution is -2.36. The first-order valence-corrected chi connectivity index (χ1v) is 10.2. The summed E-state index contributed by atoms with van der Waals surface area (Å²) >= 11 is 0. The smallest absolute Gasteiger partial charge is 0.257 e. The van der Waals surface area contributed by atoms with E-state index in [0.29, 0.717) is 23.8 Å². The van der Waals surface area contributed by atoms with Crippen LogP contribution < -0.4 is 10.1 Å². The number of hydrogen-bond donors (Lipinski definition) is 1. The summed E-state index contributed by atoms with van der Waals surface area (Å²) in [5.41, 5.74) is 2.57. The summed E-state index contributed by atoms with van der Waals surface area (Å²) in [5, 5.41) is 6.90. The van der Waals surface area contributed by atoms with Crippen LogP contribution in [0.1, 0.15) is 40.6 Å².